The molecule has 1 aromatic rings. The number of hydrogen-bond acceptors (Lipinski definition) is 2. The molecular weight excluding hydrogens is 229 g/mol. The molecule has 102 valence electrons. The molecule has 0 aliphatic rings. The smallest absolute Gasteiger partial charge is 0.130 e. The third-order valence-electron chi connectivity index (χ3n) is 3.23. The van der Waals surface area contributed by atoms with Crippen molar-refractivity contribution in [2.24, 2.45) is 5.92 Å². The maximum Gasteiger partial charge on any atom is 0.130 e. The summed E-state index contributed by atoms with van der Waals surface area (Å²) in [4.78, 5) is 0. The van der Waals surface area contributed by atoms with Gasteiger partial charge in [-0.05, 0) is 24.5 Å². The van der Waals surface area contributed by atoms with Gasteiger partial charge in [-0.3, -0.25) is 0 Å². The van der Waals surface area contributed by atoms with Crippen LogP contribution in [0.3, 0.4) is 0 Å². The first-order chi connectivity index (χ1) is 8.67. The summed E-state index contributed by atoms with van der Waals surface area (Å²) in [5.41, 5.74) is 6.53. The molecule has 0 spiro atoms. The lowest BCUT2D eigenvalue weighted by Gasteiger charge is -2.15. The number of rotatable bonds is 8. The number of ether oxygens (including phenoxy) is 1. The molecule has 2 nitrogen and oxygen atoms in total. The van der Waals surface area contributed by atoms with E-state index in [4.69, 9.17) is 10.5 Å². The molecule has 0 aliphatic heterocycles. The van der Waals surface area contributed by atoms with E-state index < -0.39 is 0 Å². The third-order valence-corrected chi connectivity index (χ3v) is 3.23. The van der Waals surface area contributed by atoms with Gasteiger partial charge in [0.25, 0.3) is 0 Å². The van der Waals surface area contributed by atoms with Gasteiger partial charge in [0.1, 0.15) is 5.82 Å². The van der Waals surface area contributed by atoms with Crippen molar-refractivity contribution >= 4 is 5.69 Å². The van der Waals surface area contributed by atoms with E-state index in [1.165, 1.54) is 25.3 Å². The number of nitrogens with two attached hydrogens (primary N) is 1. The number of hydrogen-bond donors (Lipinski definition) is 1. The molecule has 18 heavy (non-hydrogen) atoms. The molecule has 0 heterocycles. The molecule has 0 aliphatic carbocycles. The van der Waals surface area contributed by atoms with E-state index in [1.807, 2.05) is 0 Å². The van der Waals surface area contributed by atoms with Crippen molar-refractivity contribution in [2.45, 2.75) is 46.1 Å². The molecule has 1 atom stereocenters. The first kappa shape index (κ1) is 15.0. The van der Waals surface area contributed by atoms with Crippen LogP contribution < -0.4 is 5.73 Å². The Balaban J connectivity index is 2.35. The molecule has 3 heteroatoms. The molecule has 2 N–H and O–H groups in total. The van der Waals surface area contributed by atoms with E-state index in [2.05, 4.69) is 13.8 Å². The fraction of sp³-hybridized carbons (Fsp3) is 0.600. The maximum atomic E-state index is 13.5. The minimum atomic E-state index is -0.281. The average Bonchev–Trinajstić information content (AvgIpc) is 2.36. The Morgan fingerprint density at radius 2 is 2.11 bits per heavy atom. The standard InChI is InChI=1S/C15H24FNO/c1-3-5-6-12(4-2)10-18-11-13-7-8-14(17)9-15(13)16/h7-9,12H,3-6,10-11,17H2,1-2H3. The normalized spacial score (nSPS) is 12.6. The van der Waals surface area contributed by atoms with Gasteiger partial charge >= 0.3 is 0 Å². The maximum absolute atomic E-state index is 13.5. The lowest BCUT2D eigenvalue weighted by molar-refractivity contribution is 0.0802. The van der Waals surface area contributed by atoms with Gasteiger partial charge in [-0.2, -0.15) is 0 Å². The highest BCUT2D eigenvalue weighted by Gasteiger charge is 2.07. The van der Waals surface area contributed by atoms with Gasteiger partial charge in [0.15, 0.2) is 0 Å². The predicted molar refractivity (Wildman–Crippen MR) is 73.8 cm³/mol. The van der Waals surface area contributed by atoms with Crippen molar-refractivity contribution in [2.75, 3.05) is 12.3 Å². The first-order valence-electron chi connectivity index (χ1n) is 6.79. The Bertz CT molecular complexity index is 354. The summed E-state index contributed by atoms with van der Waals surface area (Å²) in [6.07, 6.45) is 4.75. The highest BCUT2D eigenvalue weighted by atomic mass is 19.1. The van der Waals surface area contributed by atoms with Gasteiger partial charge in [-0.15, -0.1) is 0 Å². The van der Waals surface area contributed by atoms with Crippen LogP contribution in [0.5, 0.6) is 0 Å². The molecule has 1 aromatic carbocycles. The second-order valence-electron chi connectivity index (χ2n) is 4.78. The Morgan fingerprint density at radius 3 is 2.72 bits per heavy atom. The summed E-state index contributed by atoms with van der Waals surface area (Å²) in [5, 5.41) is 0. The molecule has 0 fully saturated rings. The van der Waals surface area contributed by atoms with Gasteiger partial charge in [0.2, 0.25) is 0 Å². The molecule has 0 aromatic heterocycles. The lowest BCUT2D eigenvalue weighted by Crippen LogP contribution is -2.09. The molecular formula is C15H24FNO. The summed E-state index contributed by atoms with van der Waals surface area (Å²) in [7, 11) is 0. The predicted octanol–water partition coefficient (Wildman–Crippen LogP) is 4.14. The van der Waals surface area contributed by atoms with Crippen LogP contribution >= 0.6 is 0 Å². The Morgan fingerprint density at radius 1 is 1.33 bits per heavy atom. The van der Waals surface area contributed by atoms with E-state index in [1.54, 1.807) is 12.1 Å². The van der Waals surface area contributed by atoms with Crippen LogP contribution in [0.4, 0.5) is 10.1 Å². The van der Waals surface area contributed by atoms with E-state index in [-0.39, 0.29) is 5.82 Å². The molecule has 0 saturated heterocycles. The Kier molecular flexibility index (Phi) is 6.73. The minimum absolute atomic E-state index is 0.281. The van der Waals surface area contributed by atoms with Crippen LogP contribution in [0.2, 0.25) is 0 Å². The molecule has 0 bridgehead atoms. The second-order valence-corrected chi connectivity index (χ2v) is 4.78. The van der Waals surface area contributed by atoms with Crippen molar-refractivity contribution in [3.05, 3.63) is 29.6 Å². The van der Waals surface area contributed by atoms with Crippen molar-refractivity contribution < 1.29 is 9.13 Å². The summed E-state index contributed by atoms with van der Waals surface area (Å²) in [5.74, 6) is 0.304. The van der Waals surface area contributed by atoms with E-state index in [0.29, 0.717) is 30.4 Å². The van der Waals surface area contributed by atoms with E-state index >= 15 is 0 Å². The number of benzene rings is 1. The molecule has 1 unspecified atom stereocenters. The second kappa shape index (κ2) is 8.09. The summed E-state index contributed by atoms with van der Waals surface area (Å²) in [6, 6.07) is 4.74. The monoisotopic (exact) mass is 253 g/mol. The van der Waals surface area contributed by atoms with E-state index in [9.17, 15) is 4.39 Å². The fourth-order valence-electron chi connectivity index (χ4n) is 1.91. The highest BCUT2D eigenvalue weighted by molar-refractivity contribution is 5.40. The number of halogens is 1. The van der Waals surface area contributed by atoms with E-state index in [0.717, 1.165) is 6.42 Å². The third kappa shape index (κ3) is 5.05. The van der Waals surface area contributed by atoms with Crippen molar-refractivity contribution in [1.29, 1.82) is 0 Å². The van der Waals surface area contributed by atoms with Crippen LogP contribution in [-0.2, 0) is 11.3 Å². The summed E-state index contributed by atoms with van der Waals surface area (Å²) in [6.45, 7) is 5.40. The zero-order valence-electron chi connectivity index (χ0n) is 11.4. The average molecular weight is 253 g/mol. The van der Waals surface area contributed by atoms with Crippen LogP contribution in [0.25, 0.3) is 0 Å². The van der Waals surface area contributed by atoms with Gasteiger partial charge in [-0.1, -0.05) is 39.2 Å². The quantitative estimate of drug-likeness (QED) is 0.707. The summed E-state index contributed by atoms with van der Waals surface area (Å²) >= 11 is 0. The summed E-state index contributed by atoms with van der Waals surface area (Å²) < 4.78 is 19.1. The first-order valence-corrected chi connectivity index (χ1v) is 6.79. The van der Waals surface area contributed by atoms with Gasteiger partial charge in [0.05, 0.1) is 6.61 Å². The minimum Gasteiger partial charge on any atom is -0.399 e. The zero-order chi connectivity index (χ0) is 13.4. The van der Waals surface area contributed by atoms with Crippen LogP contribution in [-0.4, -0.2) is 6.61 Å². The van der Waals surface area contributed by atoms with Gasteiger partial charge in [-0.25, -0.2) is 4.39 Å². The van der Waals surface area contributed by atoms with Crippen LogP contribution in [0, 0.1) is 11.7 Å². The van der Waals surface area contributed by atoms with Crippen LogP contribution in [0.15, 0.2) is 18.2 Å². The molecule has 0 amide bonds. The highest BCUT2D eigenvalue weighted by Crippen LogP contribution is 2.16. The van der Waals surface area contributed by atoms with Crippen molar-refractivity contribution in [1.82, 2.24) is 0 Å². The Labute approximate surface area is 109 Å². The Hall–Kier alpha value is -1.09. The molecule has 1 rings (SSSR count). The fourth-order valence-corrected chi connectivity index (χ4v) is 1.91. The lowest BCUT2D eigenvalue weighted by atomic mass is 10.0. The molecule has 0 saturated carbocycles. The zero-order valence-corrected chi connectivity index (χ0v) is 11.4. The van der Waals surface area contributed by atoms with Crippen LogP contribution in [0.1, 0.15) is 45.1 Å². The topological polar surface area (TPSA) is 35.2 Å². The molecule has 0 radical (unpaired) electrons. The van der Waals surface area contributed by atoms with Crippen molar-refractivity contribution in [3.63, 3.8) is 0 Å². The van der Waals surface area contributed by atoms with Crippen molar-refractivity contribution in [3.8, 4) is 0 Å². The largest absolute Gasteiger partial charge is 0.399 e. The number of anilines is 1. The number of unbranched alkanes of at least 4 members (excludes halogenated alkanes) is 1. The number of nitrogen functional groups attached to an aromatic ring is 1. The van der Waals surface area contributed by atoms with Gasteiger partial charge < -0.3 is 10.5 Å². The SMILES string of the molecule is CCCCC(CC)COCc1ccc(N)cc1F. The van der Waals surface area contributed by atoms with Gasteiger partial charge in [0, 0.05) is 17.9 Å².